The van der Waals surface area contributed by atoms with Gasteiger partial charge in [-0.2, -0.15) is 4.39 Å². The first-order valence-corrected chi connectivity index (χ1v) is 4.75. The van der Waals surface area contributed by atoms with Gasteiger partial charge < -0.3 is 10.0 Å². The molecule has 1 aromatic carbocycles. The lowest BCUT2D eigenvalue weighted by Gasteiger charge is -2.03. The van der Waals surface area contributed by atoms with Crippen molar-refractivity contribution in [3.05, 3.63) is 48.5 Å². The van der Waals surface area contributed by atoms with E-state index < -0.39 is 13.1 Å². The molecule has 0 bridgehead atoms. The van der Waals surface area contributed by atoms with Crippen LogP contribution in [0.4, 0.5) is 4.39 Å². The molecule has 0 aliphatic heterocycles. The van der Waals surface area contributed by atoms with Gasteiger partial charge in [-0.25, -0.2) is 4.98 Å². The van der Waals surface area contributed by atoms with Crippen LogP contribution in [0.15, 0.2) is 42.6 Å². The van der Waals surface area contributed by atoms with Crippen LogP contribution in [-0.4, -0.2) is 22.2 Å². The second-order valence-corrected chi connectivity index (χ2v) is 3.37. The van der Waals surface area contributed by atoms with Crippen molar-refractivity contribution in [1.82, 2.24) is 4.98 Å². The van der Waals surface area contributed by atoms with Gasteiger partial charge in [-0.1, -0.05) is 24.3 Å². The molecule has 0 spiro atoms. The van der Waals surface area contributed by atoms with Gasteiger partial charge in [-0.05, 0) is 23.2 Å². The van der Waals surface area contributed by atoms with Gasteiger partial charge in [-0.3, -0.25) is 0 Å². The van der Waals surface area contributed by atoms with Crippen molar-refractivity contribution in [3.63, 3.8) is 0 Å². The molecule has 5 heteroatoms. The fourth-order valence-electron chi connectivity index (χ4n) is 1.39. The predicted molar refractivity (Wildman–Crippen MR) is 59.5 cm³/mol. The topological polar surface area (TPSA) is 53.4 Å². The Bertz CT molecular complexity index is 470. The highest BCUT2D eigenvalue weighted by atomic mass is 19.1. The van der Waals surface area contributed by atoms with Crippen LogP contribution >= 0.6 is 0 Å². The Kier molecular flexibility index (Phi) is 2.98. The minimum atomic E-state index is -1.47. The summed E-state index contributed by atoms with van der Waals surface area (Å²) in [7, 11) is -1.47. The van der Waals surface area contributed by atoms with Gasteiger partial charge >= 0.3 is 7.12 Å². The van der Waals surface area contributed by atoms with Crippen molar-refractivity contribution in [2.45, 2.75) is 0 Å². The number of rotatable bonds is 2. The third-order valence-electron chi connectivity index (χ3n) is 2.27. The number of halogens is 1. The number of nitrogens with zero attached hydrogens (tertiary/aromatic N) is 1. The molecule has 16 heavy (non-hydrogen) atoms. The van der Waals surface area contributed by atoms with Crippen molar-refractivity contribution in [2.75, 3.05) is 0 Å². The zero-order valence-electron chi connectivity index (χ0n) is 8.34. The summed E-state index contributed by atoms with van der Waals surface area (Å²) in [5, 5.41) is 17.8. The summed E-state index contributed by atoms with van der Waals surface area (Å²) >= 11 is 0. The van der Waals surface area contributed by atoms with E-state index in [0.29, 0.717) is 5.46 Å². The second kappa shape index (κ2) is 4.43. The molecule has 0 unspecified atom stereocenters. The maximum Gasteiger partial charge on any atom is 0.488 e. The van der Waals surface area contributed by atoms with Crippen molar-refractivity contribution in [2.24, 2.45) is 0 Å². The normalized spacial score (nSPS) is 10.2. The Hall–Kier alpha value is -1.72. The first-order valence-electron chi connectivity index (χ1n) is 4.75. The smallest absolute Gasteiger partial charge is 0.423 e. The highest BCUT2D eigenvalue weighted by molar-refractivity contribution is 6.58. The average Bonchev–Trinajstić information content (AvgIpc) is 2.30. The van der Waals surface area contributed by atoms with Gasteiger partial charge in [0.15, 0.2) is 0 Å². The van der Waals surface area contributed by atoms with E-state index in [1.54, 1.807) is 30.3 Å². The van der Waals surface area contributed by atoms with E-state index in [4.69, 9.17) is 10.0 Å². The molecular weight excluding hydrogens is 208 g/mol. The standard InChI is InChI=1S/C11H9BFNO2/c13-11-6-3-9(7-14-11)8-1-4-10(5-2-8)12(15)16/h1-7,15-16H. The van der Waals surface area contributed by atoms with Crippen LogP contribution < -0.4 is 5.46 Å². The summed E-state index contributed by atoms with van der Waals surface area (Å²) in [4.78, 5) is 3.55. The van der Waals surface area contributed by atoms with Crippen LogP contribution in [0.3, 0.4) is 0 Å². The first-order chi connectivity index (χ1) is 7.66. The molecule has 0 aliphatic rings. The van der Waals surface area contributed by atoms with Gasteiger partial charge in [0.1, 0.15) is 0 Å². The molecule has 0 atom stereocenters. The van der Waals surface area contributed by atoms with E-state index in [1.165, 1.54) is 12.3 Å². The van der Waals surface area contributed by atoms with Gasteiger partial charge in [-0.15, -0.1) is 0 Å². The minimum absolute atomic E-state index is 0.416. The van der Waals surface area contributed by atoms with E-state index in [2.05, 4.69) is 4.98 Å². The van der Waals surface area contributed by atoms with Crippen molar-refractivity contribution >= 4 is 12.6 Å². The summed E-state index contributed by atoms with van der Waals surface area (Å²) in [5.74, 6) is -0.522. The van der Waals surface area contributed by atoms with Crippen molar-refractivity contribution in [3.8, 4) is 11.1 Å². The Morgan fingerprint density at radius 1 is 0.938 bits per heavy atom. The van der Waals surface area contributed by atoms with Crippen LogP contribution in [0.2, 0.25) is 0 Å². The molecule has 2 aromatic rings. The molecule has 0 saturated heterocycles. The minimum Gasteiger partial charge on any atom is -0.423 e. The molecule has 80 valence electrons. The molecule has 1 heterocycles. The lowest BCUT2D eigenvalue weighted by molar-refractivity contribution is 0.426. The number of aromatic nitrogens is 1. The highest BCUT2D eigenvalue weighted by Crippen LogP contribution is 2.16. The maximum atomic E-state index is 12.6. The van der Waals surface area contributed by atoms with Crippen LogP contribution in [-0.2, 0) is 0 Å². The fourth-order valence-corrected chi connectivity index (χ4v) is 1.39. The summed E-state index contributed by atoms with van der Waals surface area (Å²) in [5.41, 5.74) is 2.04. The number of hydrogen-bond acceptors (Lipinski definition) is 3. The van der Waals surface area contributed by atoms with Crippen LogP contribution in [0.25, 0.3) is 11.1 Å². The monoisotopic (exact) mass is 217 g/mol. The van der Waals surface area contributed by atoms with E-state index in [1.807, 2.05) is 0 Å². The molecule has 3 nitrogen and oxygen atoms in total. The zero-order valence-corrected chi connectivity index (χ0v) is 8.34. The van der Waals surface area contributed by atoms with Crippen LogP contribution in [0.5, 0.6) is 0 Å². The molecule has 0 aliphatic carbocycles. The second-order valence-electron chi connectivity index (χ2n) is 3.37. The van der Waals surface area contributed by atoms with E-state index >= 15 is 0 Å². The highest BCUT2D eigenvalue weighted by Gasteiger charge is 2.10. The molecule has 1 aromatic heterocycles. The predicted octanol–water partition coefficient (Wildman–Crippen LogP) is 0.567. The summed E-state index contributed by atoms with van der Waals surface area (Å²) in [6.45, 7) is 0. The summed E-state index contributed by atoms with van der Waals surface area (Å²) in [6.07, 6.45) is 1.43. The Labute approximate surface area is 92.4 Å². The van der Waals surface area contributed by atoms with E-state index in [0.717, 1.165) is 11.1 Å². The van der Waals surface area contributed by atoms with Crippen LogP contribution in [0.1, 0.15) is 0 Å². The van der Waals surface area contributed by atoms with E-state index in [9.17, 15) is 4.39 Å². The lowest BCUT2D eigenvalue weighted by Crippen LogP contribution is -2.29. The largest absolute Gasteiger partial charge is 0.488 e. The molecule has 2 N–H and O–H groups in total. The van der Waals surface area contributed by atoms with E-state index in [-0.39, 0.29) is 0 Å². The number of benzene rings is 1. The van der Waals surface area contributed by atoms with Crippen molar-refractivity contribution < 1.29 is 14.4 Å². The summed E-state index contributed by atoms with van der Waals surface area (Å²) in [6, 6.07) is 9.55. The number of hydrogen-bond donors (Lipinski definition) is 2. The maximum absolute atomic E-state index is 12.6. The molecule has 2 rings (SSSR count). The van der Waals surface area contributed by atoms with Gasteiger partial charge in [0.2, 0.25) is 5.95 Å². The summed E-state index contributed by atoms with van der Waals surface area (Å²) < 4.78 is 12.6. The fraction of sp³-hybridized carbons (Fsp3) is 0. The average molecular weight is 217 g/mol. The van der Waals surface area contributed by atoms with Crippen LogP contribution in [0, 0.1) is 5.95 Å². The Balaban J connectivity index is 2.31. The first kappa shape index (κ1) is 10.8. The van der Waals surface area contributed by atoms with Gasteiger partial charge in [0.05, 0.1) is 0 Å². The lowest BCUT2D eigenvalue weighted by atomic mass is 9.80. The molecule has 0 radical (unpaired) electrons. The van der Waals surface area contributed by atoms with Crippen molar-refractivity contribution in [1.29, 1.82) is 0 Å². The molecule has 0 saturated carbocycles. The molecule has 0 fully saturated rings. The Morgan fingerprint density at radius 2 is 1.56 bits per heavy atom. The van der Waals surface area contributed by atoms with Gasteiger partial charge in [0, 0.05) is 11.8 Å². The molecule has 0 amide bonds. The quantitative estimate of drug-likeness (QED) is 0.571. The SMILES string of the molecule is OB(O)c1ccc(-c2ccc(F)nc2)cc1. The number of pyridine rings is 1. The third kappa shape index (κ3) is 2.26. The zero-order chi connectivity index (χ0) is 11.5. The third-order valence-corrected chi connectivity index (χ3v) is 2.27. The molecular formula is C11H9BFNO2. The Morgan fingerprint density at radius 3 is 2.06 bits per heavy atom. The van der Waals surface area contributed by atoms with Gasteiger partial charge in [0.25, 0.3) is 0 Å².